The number of nitrogens with zero attached hydrogens (tertiary/aromatic N) is 5. The minimum absolute atomic E-state index is 0.00859. The van der Waals surface area contributed by atoms with Gasteiger partial charge in [-0.2, -0.15) is 0 Å². The van der Waals surface area contributed by atoms with Crippen molar-refractivity contribution in [2.75, 3.05) is 32.8 Å². The number of methoxy groups -OCH3 is 2. The maximum Gasteiger partial charge on any atom is 0.530 e. The lowest BCUT2D eigenvalue weighted by atomic mass is 9.80. The number of carbonyl (C=O) groups excluding carboxylic acids is 1. The Bertz CT molecular complexity index is 3410. The third-order valence-electron chi connectivity index (χ3n) is 12.9. The summed E-state index contributed by atoms with van der Waals surface area (Å²) in [6, 6.07) is 39.7. The number of aromatic nitrogens is 6. The summed E-state index contributed by atoms with van der Waals surface area (Å²) in [6.07, 6.45) is 1.71. The third kappa shape index (κ3) is 10.9. The first-order valence-corrected chi connectivity index (χ1v) is 25.6. The van der Waals surface area contributed by atoms with E-state index in [9.17, 15) is 14.4 Å². The van der Waals surface area contributed by atoms with Crippen molar-refractivity contribution in [2.24, 2.45) is 0 Å². The van der Waals surface area contributed by atoms with Crippen LogP contribution in [0.25, 0.3) is 11.2 Å². The lowest BCUT2D eigenvalue weighted by Crippen LogP contribution is -2.38. The van der Waals surface area contributed by atoms with E-state index in [4.69, 9.17) is 48.9 Å². The van der Waals surface area contributed by atoms with Gasteiger partial charge in [0, 0.05) is 23.7 Å². The molecule has 8 aromatic rings. The summed E-state index contributed by atoms with van der Waals surface area (Å²) < 4.78 is 68.6. The number of amides is 1. The van der Waals surface area contributed by atoms with Gasteiger partial charge in [0.25, 0.3) is 11.5 Å². The first kappa shape index (κ1) is 51.0. The predicted molar refractivity (Wildman–Crippen MR) is 276 cm³/mol. The van der Waals surface area contributed by atoms with Gasteiger partial charge in [-0.25, -0.2) is 24.3 Å². The second-order valence-electron chi connectivity index (χ2n) is 17.5. The van der Waals surface area contributed by atoms with Crippen molar-refractivity contribution < 1.29 is 46.6 Å². The van der Waals surface area contributed by atoms with Gasteiger partial charge in [-0.15, -0.1) is 0 Å². The molecule has 21 heteroatoms. The molecule has 2 N–H and O–H groups in total. The van der Waals surface area contributed by atoms with Crippen LogP contribution in [0, 0.1) is 13.3 Å². The number of nitrogens with one attached hydrogen (secondary N) is 2. The summed E-state index contributed by atoms with van der Waals surface area (Å²) in [7, 11) is -1.58. The van der Waals surface area contributed by atoms with Crippen LogP contribution in [0.5, 0.6) is 17.2 Å². The number of imidazole rings is 1. The molecule has 1 radical (unpaired) electrons. The fraction of sp³-hybridized carbons (Fsp3) is 0.241. The molecule has 0 aliphatic carbocycles. The van der Waals surface area contributed by atoms with Crippen LogP contribution in [-0.2, 0) is 33.4 Å². The molecule has 0 spiro atoms. The smallest absolute Gasteiger partial charge is 0.497 e. The summed E-state index contributed by atoms with van der Waals surface area (Å²) in [5, 5.41) is 2.94. The van der Waals surface area contributed by atoms with E-state index in [0.29, 0.717) is 34.6 Å². The number of fused-ring (bicyclic) bond motifs is 1. The zero-order chi connectivity index (χ0) is 52.1. The fourth-order valence-corrected chi connectivity index (χ4v) is 10.7. The zero-order valence-electron chi connectivity index (χ0n) is 40.7. The molecule has 5 aromatic carbocycles. The van der Waals surface area contributed by atoms with E-state index >= 15 is 4.57 Å². The number of hydrogen-bond acceptors (Lipinski definition) is 15. The van der Waals surface area contributed by atoms with Crippen molar-refractivity contribution in [1.82, 2.24) is 29.1 Å². The Kier molecular flexibility index (Phi) is 15.1. The first-order chi connectivity index (χ1) is 36.4. The number of phosphoric ester groups is 1. The summed E-state index contributed by atoms with van der Waals surface area (Å²) in [5.41, 5.74) is 1.07. The minimum Gasteiger partial charge on any atom is -0.497 e. The van der Waals surface area contributed by atoms with E-state index in [1.54, 1.807) is 68.2 Å². The average molecular weight is 1060 g/mol. The molecule has 5 heterocycles. The maximum atomic E-state index is 15.4. The summed E-state index contributed by atoms with van der Waals surface area (Å²) >= 11 is 6.60. The number of hydrogen-bond donors (Lipinski definition) is 2. The van der Waals surface area contributed by atoms with E-state index in [-0.39, 0.29) is 47.7 Å². The molecule has 1 unspecified atom stereocenters. The second kappa shape index (κ2) is 22.2. The minimum atomic E-state index is -4.75. The molecular weight excluding hydrogens is 1010 g/mol. The average Bonchev–Trinajstić information content (AvgIpc) is 4.20. The van der Waals surface area contributed by atoms with Crippen molar-refractivity contribution in [1.29, 1.82) is 0 Å². The zero-order valence-corrected chi connectivity index (χ0v) is 42.3. The molecule has 19 nitrogen and oxygen atoms in total. The standard InChI is InChI=1S/C54H50ClN7O12P/c1-34-29-61(53(65)60-51(34)63)47-28-44(45(72-47)31-69-54(36-14-8-5-9-15-36,37-18-22-39(67-2)23-19-37)38-20-24-40(68-3)25-21-38)74-75(66,73-43-17-11-10-16-42(43)55)70-30-41-26-27-46(71-41)62-33-58-48-49(56-32-57-50(48)62)59-52(64)35-12-6-4-7-13-35/h4-26,29,32-33,41,44-47H,27-28,30-31H2,1-3H3,(H,60,63,65)(H,56,57,59,64)/t41-,44+,45+,46-,47-,75?/m1/s1. The van der Waals surface area contributed by atoms with Crippen LogP contribution in [0.1, 0.15) is 57.9 Å². The number of H-pyrrole nitrogens is 1. The number of anilines is 1. The highest BCUT2D eigenvalue weighted by Crippen LogP contribution is 2.55. The topological polar surface area (TPSA) is 218 Å². The van der Waals surface area contributed by atoms with E-state index in [0.717, 1.165) is 16.7 Å². The Labute approximate surface area is 434 Å². The molecule has 0 bridgehead atoms. The summed E-state index contributed by atoms with van der Waals surface area (Å²) in [6.45, 7) is 1.02. The van der Waals surface area contributed by atoms with E-state index in [1.807, 2.05) is 91.3 Å². The molecule has 10 rings (SSSR count). The SMILES string of the molecule is COc1ccc(C(OC[C@@H]2O[C@@H](n3cc(C)c(=O)[nH]c3=O)C[C@@H]2OP(=O)(OC[C@H]2[CH]C[C@H](n3cnc4c(NC(=O)c5ccccc5)ncnc43)O2)Oc2ccccc2Cl)(c2ccccc2)c2ccc(OC)cc2)cc1. The Balaban J connectivity index is 0.953. The highest BCUT2D eigenvalue weighted by atomic mass is 35.5. The molecule has 3 aromatic heterocycles. The van der Waals surface area contributed by atoms with Crippen molar-refractivity contribution >= 4 is 42.3 Å². The van der Waals surface area contributed by atoms with Crippen LogP contribution in [0.2, 0.25) is 5.02 Å². The molecule has 2 fully saturated rings. The van der Waals surface area contributed by atoms with Crippen molar-refractivity contribution in [3.63, 3.8) is 0 Å². The molecule has 2 saturated heterocycles. The summed E-state index contributed by atoms with van der Waals surface area (Å²) in [5.74, 6) is 1.12. The fourth-order valence-electron chi connectivity index (χ4n) is 9.05. The van der Waals surface area contributed by atoms with Crippen molar-refractivity contribution in [3.8, 4) is 17.2 Å². The van der Waals surface area contributed by atoms with Crippen LogP contribution in [0.3, 0.4) is 0 Å². The maximum absolute atomic E-state index is 15.4. The largest absolute Gasteiger partial charge is 0.530 e. The molecule has 0 saturated carbocycles. The molecule has 385 valence electrons. The normalized spacial score (nSPS) is 19.4. The Morgan fingerprint density at radius 1 is 0.800 bits per heavy atom. The van der Waals surface area contributed by atoms with Gasteiger partial charge in [0.2, 0.25) is 0 Å². The Morgan fingerprint density at radius 2 is 1.45 bits per heavy atom. The molecule has 2 aliphatic heterocycles. The van der Waals surface area contributed by atoms with Gasteiger partial charge in [-0.05, 0) is 85.0 Å². The lowest BCUT2D eigenvalue weighted by Gasteiger charge is -2.37. The van der Waals surface area contributed by atoms with Crippen LogP contribution in [0.4, 0.5) is 5.82 Å². The van der Waals surface area contributed by atoms with E-state index < -0.39 is 55.4 Å². The van der Waals surface area contributed by atoms with Crippen molar-refractivity contribution in [3.05, 3.63) is 212 Å². The van der Waals surface area contributed by atoms with Gasteiger partial charge in [0.05, 0.1) is 44.9 Å². The second-order valence-corrected chi connectivity index (χ2v) is 19.5. The molecule has 2 aliphatic rings. The van der Waals surface area contributed by atoms with Gasteiger partial charge in [0.15, 0.2) is 17.0 Å². The van der Waals surface area contributed by atoms with Gasteiger partial charge in [-0.3, -0.25) is 32.8 Å². The molecule has 75 heavy (non-hydrogen) atoms. The van der Waals surface area contributed by atoms with Gasteiger partial charge in [-0.1, -0.05) is 96.5 Å². The quantitative estimate of drug-likeness (QED) is 0.0570. The number of aryl methyl sites for hydroxylation is 1. The molecule has 6 atom stereocenters. The monoisotopic (exact) mass is 1050 g/mol. The molecular formula is C54H50ClN7O12P. The first-order valence-electron chi connectivity index (χ1n) is 23.8. The number of phosphoric acid groups is 1. The lowest BCUT2D eigenvalue weighted by molar-refractivity contribution is -0.0943. The number of halogens is 1. The van der Waals surface area contributed by atoms with Crippen LogP contribution < -0.4 is 30.6 Å². The Morgan fingerprint density at radius 3 is 2.13 bits per heavy atom. The van der Waals surface area contributed by atoms with E-state index in [1.165, 1.54) is 29.5 Å². The van der Waals surface area contributed by atoms with Gasteiger partial charge in [0.1, 0.15) is 53.8 Å². The number of carbonyl (C=O) groups is 1. The van der Waals surface area contributed by atoms with Crippen LogP contribution >= 0.6 is 19.4 Å². The number of rotatable bonds is 19. The number of aromatic amines is 1. The highest BCUT2D eigenvalue weighted by Gasteiger charge is 2.47. The third-order valence-corrected chi connectivity index (χ3v) is 14.6. The predicted octanol–water partition coefficient (Wildman–Crippen LogP) is 8.98. The molecule has 1 amide bonds. The number of para-hydroxylation sites is 1. The number of ether oxygens (including phenoxy) is 5. The van der Waals surface area contributed by atoms with Crippen LogP contribution in [-0.4, -0.2) is 80.7 Å². The van der Waals surface area contributed by atoms with Crippen molar-refractivity contribution in [2.45, 2.75) is 56.1 Å². The van der Waals surface area contributed by atoms with Gasteiger partial charge < -0.3 is 33.5 Å². The Hall–Kier alpha value is -7.48. The van der Waals surface area contributed by atoms with E-state index in [2.05, 4.69) is 25.3 Å². The summed E-state index contributed by atoms with van der Waals surface area (Å²) in [4.78, 5) is 54.6. The van der Waals surface area contributed by atoms with Crippen LogP contribution in [0.15, 0.2) is 162 Å². The van der Waals surface area contributed by atoms with Gasteiger partial charge >= 0.3 is 13.5 Å². The number of benzene rings is 5. The highest BCUT2D eigenvalue weighted by molar-refractivity contribution is 7.49.